The van der Waals surface area contributed by atoms with Gasteiger partial charge in [0.1, 0.15) is 5.82 Å². The van der Waals surface area contributed by atoms with E-state index in [1.165, 1.54) is 6.07 Å². The minimum absolute atomic E-state index is 0.131. The van der Waals surface area contributed by atoms with Crippen molar-refractivity contribution >= 4 is 11.9 Å². The third-order valence-corrected chi connectivity index (χ3v) is 3.29. The fourth-order valence-electron chi connectivity index (χ4n) is 1.90. The Morgan fingerprint density at radius 1 is 1.24 bits per heavy atom. The highest BCUT2D eigenvalue weighted by molar-refractivity contribution is 5.81. The van der Waals surface area contributed by atoms with Crippen molar-refractivity contribution in [2.75, 3.05) is 20.1 Å². The van der Waals surface area contributed by atoms with Crippen molar-refractivity contribution in [2.45, 2.75) is 19.4 Å². The van der Waals surface area contributed by atoms with E-state index in [0.717, 1.165) is 12.8 Å². The highest BCUT2D eigenvalue weighted by atomic mass is 19.1. The van der Waals surface area contributed by atoms with Crippen LogP contribution in [0.5, 0.6) is 0 Å². The first-order chi connectivity index (χ1) is 10.2. The number of carbonyl (C=O) groups excluding carboxylic acids is 1. The first kappa shape index (κ1) is 15.3. The number of halogens is 1. The summed E-state index contributed by atoms with van der Waals surface area (Å²) in [5.74, 6) is 0.700. The molecule has 0 aliphatic heterocycles. The molecule has 0 unspecified atom stereocenters. The molecule has 3 N–H and O–H groups in total. The molecule has 1 amide bonds. The van der Waals surface area contributed by atoms with E-state index in [-0.39, 0.29) is 17.6 Å². The van der Waals surface area contributed by atoms with Crippen molar-refractivity contribution in [3.05, 3.63) is 35.6 Å². The molecule has 0 aromatic heterocycles. The zero-order chi connectivity index (χ0) is 15.1. The molecule has 21 heavy (non-hydrogen) atoms. The molecule has 0 bridgehead atoms. The Hall–Kier alpha value is -2.11. The fraction of sp³-hybridized carbons (Fsp3) is 0.467. The molecule has 1 saturated carbocycles. The summed E-state index contributed by atoms with van der Waals surface area (Å²) < 4.78 is 13.5. The van der Waals surface area contributed by atoms with Crippen molar-refractivity contribution in [3.8, 4) is 0 Å². The maximum Gasteiger partial charge on any atom is 0.223 e. The third-order valence-electron chi connectivity index (χ3n) is 3.29. The Morgan fingerprint density at radius 2 is 1.95 bits per heavy atom. The molecule has 6 heteroatoms. The van der Waals surface area contributed by atoms with E-state index in [2.05, 4.69) is 20.9 Å². The molecule has 1 aromatic carbocycles. The van der Waals surface area contributed by atoms with Gasteiger partial charge in [0.15, 0.2) is 5.96 Å². The van der Waals surface area contributed by atoms with Gasteiger partial charge in [0, 0.05) is 38.2 Å². The fourth-order valence-corrected chi connectivity index (χ4v) is 1.90. The number of aliphatic imine (C=N–C) groups is 1. The van der Waals surface area contributed by atoms with Crippen LogP contribution >= 0.6 is 0 Å². The average molecular weight is 292 g/mol. The number of guanidine groups is 1. The summed E-state index contributed by atoms with van der Waals surface area (Å²) in [6.07, 6.45) is 2.01. The normalized spacial score (nSPS) is 14.7. The number of rotatable bonds is 6. The summed E-state index contributed by atoms with van der Waals surface area (Å²) >= 11 is 0. The van der Waals surface area contributed by atoms with Gasteiger partial charge in [0.05, 0.1) is 0 Å². The number of carbonyl (C=O) groups is 1. The van der Waals surface area contributed by atoms with Crippen LogP contribution in [0.3, 0.4) is 0 Å². The minimum atomic E-state index is -0.239. The second kappa shape index (κ2) is 7.61. The SMILES string of the molecule is CN=C(NCCNC(=O)C1CC1)NCc1ccccc1F. The molecule has 5 nitrogen and oxygen atoms in total. The van der Waals surface area contributed by atoms with E-state index in [1.54, 1.807) is 25.2 Å². The maximum absolute atomic E-state index is 13.5. The summed E-state index contributed by atoms with van der Waals surface area (Å²) in [5.41, 5.74) is 0.586. The topological polar surface area (TPSA) is 65.5 Å². The molecule has 1 aliphatic carbocycles. The predicted molar refractivity (Wildman–Crippen MR) is 80.3 cm³/mol. The smallest absolute Gasteiger partial charge is 0.223 e. The van der Waals surface area contributed by atoms with Crippen LogP contribution in [-0.2, 0) is 11.3 Å². The van der Waals surface area contributed by atoms with Crippen LogP contribution in [0.25, 0.3) is 0 Å². The van der Waals surface area contributed by atoms with Gasteiger partial charge in [0.25, 0.3) is 0 Å². The lowest BCUT2D eigenvalue weighted by Crippen LogP contribution is -2.41. The van der Waals surface area contributed by atoms with Crippen molar-refractivity contribution in [3.63, 3.8) is 0 Å². The van der Waals surface area contributed by atoms with Gasteiger partial charge >= 0.3 is 0 Å². The summed E-state index contributed by atoms with van der Waals surface area (Å²) in [4.78, 5) is 15.5. The number of hydrogen-bond acceptors (Lipinski definition) is 2. The first-order valence-electron chi connectivity index (χ1n) is 7.16. The number of nitrogens with zero attached hydrogens (tertiary/aromatic N) is 1. The number of hydrogen-bond donors (Lipinski definition) is 3. The third kappa shape index (κ3) is 5.06. The van der Waals surface area contributed by atoms with E-state index < -0.39 is 0 Å². The largest absolute Gasteiger partial charge is 0.355 e. The Morgan fingerprint density at radius 3 is 2.62 bits per heavy atom. The maximum atomic E-state index is 13.5. The van der Waals surface area contributed by atoms with Crippen molar-refractivity contribution < 1.29 is 9.18 Å². The molecule has 0 radical (unpaired) electrons. The van der Waals surface area contributed by atoms with Crippen LogP contribution in [0.2, 0.25) is 0 Å². The lowest BCUT2D eigenvalue weighted by Gasteiger charge is -2.12. The van der Waals surface area contributed by atoms with Crippen LogP contribution in [0.4, 0.5) is 4.39 Å². The standard InChI is InChI=1S/C15H21FN4O/c1-17-15(19-9-8-18-14(21)11-6-7-11)20-10-12-4-2-3-5-13(12)16/h2-5,11H,6-10H2,1H3,(H,18,21)(H2,17,19,20). The number of benzene rings is 1. The van der Waals surface area contributed by atoms with Crippen molar-refractivity contribution in [2.24, 2.45) is 10.9 Å². The second-order valence-corrected chi connectivity index (χ2v) is 5.01. The summed E-state index contributed by atoms with van der Waals surface area (Å²) in [5, 5.41) is 8.97. The Labute approximate surface area is 124 Å². The molecular weight excluding hydrogens is 271 g/mol. The quantitative estimate of drug-likeness (QED) is 0.417. The molecule has 114 valence electrons. The van der Waals surface area contributed by atoms with Crippen LogP contribution in [0.1, 0.15) is 18.4 Å². The summed E-state index contributed by atoms with van der Waals surface area (Å²) in [6, 6.07) is 6.62. The molecular formula is C15H21FN4O. The molecule has 0 atom stereocenters. The Kier molecular flexibility index (Phi) is 5.54. The zero-order valence-corrected chi connectivity index (χ0v) is 12.2. The van der Waals surface area contributed by atoms with E-state index >= 15 is 0 Å². The van der Waals surface area contributed by atoms with Gasteiger partial charge < -0.3 is 16.0 Å². The monoisotopic (exact) mass is 292 g/mol. The molecule has 1 aliphatic rings. The average Bonchev–Trinajstić information content (AvgIpc) is 3.32. The number of nitrogens with one attached hydrogen (secondary N) is 3. The van der Waals surface area contributed by atoms with Gasteiger partial charge in [-0.05, 0) is 18.9 Å². The van der Waals surface area contributed by atoms with Gasteiger partial charge in [-0.15, -0.1) is 0 Å². The summed E-state index contributed by atoms with van der Waals surface area (Å²) in [6.45, 7) is 1.49. The Balaban J connectivity index is 1.66. The van der Waals surface area contributed by atoms with E-state index in [9.17, 15) is 9.18 Å². The number of amides is 1. The van der Waals surface area contributed by atoms with Gasteiger partial charge in [-0.2, -0.15) is 0 Å². The van der Waals surface area contributed by atoms with Gasteiger partial charge in [-0.25, -0.2) is 4.39 Å². The zero-order valence-electron chi connectivity index (χ0n) is 12.2. The highest BCUT2D eigenvalue weighted by Crippen LogP contribution is 2.28. The van der Waals surface area contributed by atoms with E-state index in [0.29, 0.717) is 31.2 Å². The van der Waals surface area contributed by atoms with Gasteiger partial charge in [0.2, 0.25) is 5.91 Å². The van der Waals surface area contributed by atoms with Crippen LogP contribution in [0, 0.1) is 11.7 Å². The first-order valence-corrected chi connectivity index (χ1v) is 7.16. The minimum Gasteiger partial charge on any atom is -0.355 e. The second-order valence-electron chi connectivity index (χ2n) is 5.01. The van der Waals surface area contributed by atoms with Gasteiger partial charge in [-0.3, -0.25) is 9.79 Å². The lowest BCUT2D eigenvalue weighted by molar-refractivity contribution is -0.122. The van der Waals surface area contributed by atoms with Crippen LogP contribution in [0.15, 0.2) is 29.3 Å². The summed E-state index contributed by atoms with van der Waals surface area (Å²) in [7, 11) is 1.65. The molecule has 0 spiro atoms. The molecule has 0 heterocycles. The van der Waals surface area contributed by atoms with Gasteiger partial charge in [-0.1, -0.05) is 18.2 Å². The predicted octanol–water partition coefficient (Wildman–Crippen LogP) is 1.02. The van der Waals surface area contributed by atoms with E-state index in [1.807, 2.05) is 0 Å². The van der Waals surface area contributed by atoms with Crippen LogP contribution < -0.4 is 16.0 Å². The van der Waals surface area contributed by atoms with Crippen molar-refractivity contribution in [1.82, 2.24) is 16.0 Å². The van der Waals surface area contributed by atoms with E-state index in [4.69, 9.17) is 0 Å². The molecule has 1 aromatic rings. The Bertz CT molecular complexity index is 514. The van der Waals surface area contributed by atoms with Crippen LogP contribution in [-0.4, -0.2) is 32.0 Å². The highest BCUT2D eigenvalue weighted by Gasteiger charge is 2.28. The molecule has 2 rings (SSSR count). The van der Waals surface area contributed by atoms with Crippen molar-refractivity contribution in [1.29, 1.82) is 0 Å². The lowest BCUT2D eigenvalue weighted by atomic mass is 10.2. The molecule has 1 fully saturated rings. The molecule has 0 saturated heterocycles.